The highest BCUT2D eigenvalue weighted by Crippen LogP contribution is 2.35. The van der Waals surface area contributed by atoms with Gasteiger partial charge in [-0.2, -0.15) is 0 Å². The summed E-state index contributed by atoms with van der Waals surface area (Å²) >= 11 is 3.25. The molecular weight excluding hydrogens is 414 g/mol. The fourth-order valence-corrected chi connectivity index (χ4v) is 6.18. The quantitative estimate of drug-likeness (QED) is 0.441. The number of nitrogens with one attached hydrogen (secondary N) is 1. The smallest absolute Gasteiger partial charge is 0.259 e. The Morgan fingerprint density at radius 2 is 2.17 bits per heavy atom. The molecule has 0 saturated heterocycles. The molecule has 154 valence electrons. The summed E-state index contributed by atoms with van der Waals surface area (Å²) in [7, 11) is 0. The van der Waals surface area contributed by atoms with E-state index in [-0.39, 0.29) is 5.56 Å². The van der Waals surface area contributed by atoms with Gasteiger partial charge in [-0.3, -0.25) is 4.79 Å². The number of hydrogen-bond donors (Lipinski definition) is 1. The van der Waals surface area contributed by atoms with E-state index in [0.29, 0.717) is 11.6 Å². The largest absolute Gasteiger partial charge is 0.309 e. The Kier molecular flexibility index (Phi) is 5.20. The van der Waals surface area contributed by atoms with Gasteiger partial charge in [-0.15, -0.1) is 21.5 Å². The van der Waals surface area contributed by atoms with Gasteiger partial charge in [0.2, 0.25) is 0 Å². The molecule has 0 fully saturated rings. The van der Waals surface area contributed by atoms with Gasteiger partial charge in [-0.05, 0) is 44.2 Å². The molecule has 4 aromatic rings. The van der Waals surface area contributed by atoms with Crippen molar-refractivity contribution in [3.05, 3.63) is 56.4 Å². The first-order valence-electron chi connectivity index (χ1n) is 10.3. The molecule has 1 aliphatic rings. The van der Waals surface area contributed by atoms with Crippen LogP contribution in [0.4, 0.5) is 0 Å². The molecule has 3 aromatic heterocycles. The van der Waals surface area contributed by atoms with E-state index in [1.54, 1.807) is 23.1 Å². The Balaban J connectivity index is 1.43. The number of hydrogen-bond acceptors (Lipinski definition) is 6. The number of nitrogens with zero attached hydrogens (tertiary/aromatic N) is 4. The zero-order chi connectivity index (χ0) is 20.7. The molecule has 0 amide bonds. The molecule has 30 heavy (non-hydrogen) atoms. The molecule has 6 nitrogen and oxygen atoms in total. The third-order valence-corrected chi connectivity index (χ3v) is 7.57. The molecule has 0 atom stereocenters. The van der Waals surface area contributed by atoms with E-state index in [1.165, 1.54) is 16.0 Å². The second-order valence-electron chi connectivity index (χ2n) is 7.67. The fraction of sp³-hybridized carbons (Fsp3) is 0.364. The van der Waals surface area contributed by atoms with Crippen molar-refractivity contribution in [3.63, 3.8) is 0 Å². The maximum atomic E-state index is 12.7. The fourth-order valence-electron chi connectivity index (χ4n) is 4.07. The van der Waals surface area contributed by atoms with Gasteiger partial charge >= 0.3 is 0 Å². The van der Waals surface area contributed by atoms with Crippen LogP contribution < -0.4 is 5.56 Å². The van der Waals surface area contributed by atoms with Crippen LogP contribution >= 0.6 is 23.1 Å². The van der Waals surface area contributed by atoms with Crippen molar-refractivity contribution in [2.24, 2.45) is 0 Å². The number of thiophene rings is 1. The Hall–Kier alpha value is -2.45. The van der Waals surface area contributed by atoms with Gasteiger partial charge < -0.3 is 9.55 Å². The van der Waals surface area contributed by atoms with Crippen LogP contribution in [0.1, 0.15) is 41.6 Å². The Labute approximate surface area is 182 Å². The summed E-state index contributed by atoms with van der Waals surface area (Å²) in [4.78, 5) is 22.6. The van der Waals surface area contributed by atoms with Crippen LogP contribution in [-0.2, 0) is 25.1 Å². The topological polar surface area (TPSA) is 76.5 Å². The van der Waals surface area contributed by atoms with E-state index in [0.717, 1.165) is 59.0 Å². The Morgan fingerprint density at radius 3 is 3.00 bits per heavy atom. The van der Waals surface area contributed by atoms with Crippen molar-refractivity contribution in [3.8, 4) is 11.4 Å². The molecule has 8 heteroatoms. The highest BCUT2D eigenvalue weighted by atomic mass is 32.2. The van der Waals surface area contributed by atoms with Crippen molar-refractivity contribution in [1.82, 2.24) is 24.7 Å². The van der Waals surface area contributed by atoms with Crippen molar-refractivity contribution in [2.75, 3.05) is 0 Å². The highest BCUT2D eigenvalue weighted by molar-refractivity contribution is 7.98. The number of rotatable bonds is 6. The van der Waals surface area contributed by atoms with Crippen molar-refractivity contribution in [1.29, 1.82) is 0 Å². The van der Waals surface area contributed by atoms with Crippen LogP contribution in [0.3, 0.4) is 0 Å². The summed E-state index contributed by atoms with van der Waals surface area (Å²) in [6, 6.07) is 8.33. The maximum absolute atomic E-state index is 12.7. The SMILES string of the molecule is CCCn1c(SCc2nc3sc4c(c3c(=O)[nH]2)CCC4)nnc1-c1cccc(C)c1. The first-order chi connectivity index (χ1) is 14.6. The van der Waals surface area contributed by atoms with Crippen LogP contribution in [0.5, 0.6) is 0 Å². The van der Waals surface area contributed by atoms with Crippen molar-refractivity contribution >= 4 is 33.3 Å². The lowest BCUT2D eigenvalue weighted by molar-refractivity contribution is 0.626. The number of aryl methyl sites for hydroxylation is 3. The average molecular weight is 438 g/mol. The molecule has 0 unspecified atom stereocenters. The monoisotopic (exact) mass is 437 g/mol. The minimum atomic E-state index is -0.00882. The van der Waals surface area contributed by atoms with E-state index in [2.05, 4.69) is 51.8 Å². The lowest BCUT2D eigenvalue weighted by Gasteiger charge is -2.09. The predicted molar refractivity (Wildman–Crippen MR) is 122 cm³/mol. The van der Waals surface area contributed by atoms with Crippen molar-refractivity contribution in [2.45, 2.75) is 57.0 Å². The summed E-state index contributed by atoms with van der Waals surface area (Å²) in [6.45, 7) is 5.08. The molecule has 0 bridgehead atoms. The molecule has 1 aromatic carbocycles. The first-order valence-corrected chi connectivity index (χ1v) is 12.1. The average Bonchev–Trinajstić information content (AvgIpc) is 3.41. The molecule has 0 saturated carbocycles. The molecular formula is C22H23N5OS2. The second-order valence-corrected chi connectivity index (χ2v) is 9.69. The number of H-pyrrole nitrogens is 1. The van der Waals surface area contributed by atoms with Gasteiger partial charge in [0.15, 0.2) is 11.0 Å². The number of thioether (sulfide) groups is 1. The zero-order valence-corrected chi connectivity index (χ0v) is 18.7. The Bertz CT molecular complexity index is 1290. The number of fused-ring (bicyclic) bond motifs is 3. The molecule has 1 N–H and O–H groups in total. The number of aromatic nitrogens is 5. The molecule has 5 rings (SSSR count). The summed E-state index contributed by atoms with van der Waals surface area (Å²) in [5, 5.41) is 10.6. The van der Waals surface area contributed by atoms with Crippen molar-refractivity contribution < 1.29 is 0 Å². The minimum Gasteiger partial charge on any atom is -0.309 e. The predicted octanol–water partition coefficient (Wildman–Crippen LogP) is 4.74. The van der Waals surface area contributed by atoms with Gasteiger partial charge in [0.05, 0.1) is 11.1 Å². The summed E-state index contributed by atoms with van der Waals surface area (Å²) < 4.78 is 2.16. The van der Waals surface area contributed by atoms with Gasteiger partial charge in [-0.1, -0.05) is 42.4 Å². The molecule has 0 aliphatic heterocycles. The van der Waals surface area contributed by atoms with Gasteiger partial charge in [0.25, 0.3) is 5.56 Å². The molecule has 3 heterocycles. The van der Waals surface area contributed by atoms with Crippen LogP contribution in [0.25, 0.3) is 21.6 Å². The summed E-state index contributed by atoms with van der Waals surface area (Å²) in [5.41, 5.74) is 3.48. The van der Waals surface area contributed by atoms with Gasteiger partial charge in [0, 0.05) is 17.0 Å². The molecule has 1 aliphatic carbocycles. The normalized spacial score (nSPS) is 13.3. The number of benzene rings is 1. The van der Waals surface area contributed by atoms with E-state index in [1.807, 2.05) is 6.07 Å². The first kappa shape index (κ1) is 19.5. The molecule has 0 spiro atoms. The standard InChI is InChI=1S/C22H23N5OS2/c1-3-10-27-19(14-7-4-6-13(2)11-14)25-26-22(27)29-12-17-23-20(28)18-15-8-5-9-16(15)30-21(18)24-17/h4,6-7,11H,3,5,8-10,12H2,1-2H3,(H,23,24,28). The van der Waals surface area contributed by atoms with E-state index in [9.17, 15) is 4.79 Å². The summed E-state index contributed by atoms with van der Waals surface area (Å²) in [5.74, 6) is 2.14. The third-order valence-electron chi connectivity index (χ3n) is 5.40. The van der Waals surface area contributed by atoms with Gasteiger partial charge in [0.1, 0.15) is 10.7 Å². The van der Waals surface area contributed by atoms with Crippen LogP contribution in [0, 0.1) is 6.92 Å². The third kappa shape index (κ3) is 3.48. The lowest BCUT2D eigenvalue weighted by atomic mass is 10.1. The number of aromatic amines is 1. The highest BCUT2D eigenvalue weighted by Gasteiger charge is 2.21. The van der Waals surface area contributed by atoms with E-state index >= 15 is 0 Å². The lowest BCUT2D eigenvalue weighted by Crippen LogP contribution is -2.11. The van der Waals surface area contributed by atoms with Crippen LogP contribution in [-0.4, -0.2) is 24.7 Å². The Morgan fingerprint density at radius 1 is 1.27 bits per heavy atom. The maximum Gasteiger partial charge on any atom is 0.259 e. The van der Waals surface area contributed by atoms with E-state index < -0.39 is 0 Å². The molecule has 0 radical (unpaired) electrons. The zero-order valence-electron chi connectivity index (χ0n) is 17.1. The van der Waals surface area contributed by atoms with Gasteiger partial charge in [-0.25, -0.2) is 4.98 Å². The second kappa shape index (κ2) is 8.00. The van der Waals surface area contributed by atoms with Crippen LogP contribution in [0.2, 0.25) is 0 Å². The van der Waals surface area contributed by atoms with E-state index in [4.69, 9.17) is 4.98 Å². The summed E-state index contributed by atoms with van der Waals surface area (Å²) in [6.07, 6.45) is 4.20. The van der Waals surface area contributed by atoms with Crippen LogP contribution in [0.15, 0.2) is 34.2 Å². The minimum absolute atomic E-state index is 0.00882.